The standard InChI is InChI=1S/C19H17ClN2O5S/c1-11-3-5-12(6-4-11)18-21(16(10-28-18)19(24)27-2)17(23)13-7-8-14(20)15(9-13)22(25)26/h3-9,16,18H,10H2,1-2H3. The number of nitrogens with zero attached hydrogens (tertiary/aromatic N) is 2. The number of carbonyl (C=O) groups excluding carboxylic acids is 2. The highest BCUT2D eigenvalue weighted by molar-refractivity contribution is 7.99. The van der Waals surface area contributed by atoms with Crippen molar-refractivity contribution in [3.05, 3.63) is 74.3 Å². The number of rotatable bonds is 4. The molecule has 1 saturated heterocycles. The highest BCUT2D eigenvalue weighted by Gasteiger charge is 2.43. The lowest BCUT2D eigenvalue weighted by atomic mass is 10.1. The lowest BCUT2D eigenvalue weighted by Gasteiger charge is -2.28. The number of amides is 1. The van der Waals surface area contributed by atoms with E-state index < -0.39 is 28.2 Å². The van der Waals surface area contributed by atoms with Crippen LogP contribution in [0.4, 0.5) is 5.69 Å². The SMILES string of the molecule is COC(=O)C1CSC(c2ccc(C)cc2)N1C(=O)c1ccc(Cl)c([N+](=O)[O-])c1. The summed E-state index contributed by atoms with van der Waals surface area (Å²) in [5.74, 6) is -0.656. The fourth-order valence-corrected chi connectivity index (χ4v) is 4.60. The third-order valence-electron chi connectivity index (χ3n) is 4.46. The minimum atomic E-state index is -0.788. The van der Waals surface area contributed by atoms with Crippen molar-refractivity contribution < 1.29 is 19.2 Å². The zero-order valence-corrected chi connectivity index (χ0v) is 16.7. The molecule has 0 saturated carbocycles. The van der Waals surface area contributed by atoms with Gasteiger partial charge in [0.2, 0.25) is 0 Å². The summed E-state index contributed by atoms with van der Waals surface area (Å²) in [5.41, 5.74) is 1.66. The lowest BCUT2D eigenvalue weighted by Crippen LogP contribution is -2.43. The second-order valence-electron chi connectivity index (χ2n) is 6.27. The van der Waals surface area contributed by atoms with E-state index in [2.05, 4.69) is 0 Å². The number of esters is 1. The van der Waals surface area contributed by atoms with Gasteiger partial charge < -0.3 is 9.64 Å². The number of thioether (sulfide) groups is 1. The molecule has 1 amide bonds. The third-order valence-corrected chi connectivity index (χ3v) is 6.10. The molecule has 0 aromatic heterocycles. The molecule has 0 aliphatic carbocycles. The van der Waals surface area contributed by atoms with E-state index in [0.29, 0.717) is 5.75 Å². The van der Waals surface area contributed by atoms with Gasteiger partial charge in [0.25, 0.3) is 11.6 Å². The molecule has 2 aromatic carbocycles. The van der Waals surface area contributed by atoms with Gasteiger partial charge in [0.05, 0.1) is 12.0 Å². The van der Waals surface area contributed by atoms with Crippen LogP contribution in [0.5, 0.6) is 0 Å². The molecular formula is C19H17ClN2O5S. The Kier molecular flexibility index (Phi) is 5.90. The molecule has 2 unspecified atom stereocenters. The van der Waals surface area contributed by atoms with E-state index in [0.717, 1.165) is 17.2 Å². The monoisotopic (exact) mass is 420 g/mol. The van der Waals surface area contributed by atoms with Crippen LogP contribution in [0.15, 0.2) is 42.5 Å². The van der Waals surface area contributed by atoms with Gasteiger partial charge in [-0.2, -0.15) is 0 Å². The van der Waals surface area contributed by atoms with Gasteiger partial charge in [-0.05, 0) is 24.6 Å². The van der Waals surface area contributed by atoms with Crippen molar-refractivity contribution in [1.29, 1.82) is 0 Å². The summed E-state index contributed by atoms with van der Waals surface area (Å²) in [6, 6.07) is 10.7. The fraction of sp³-hybridized carbons (Fsp3) is 0.263. The highest BCUT2D eigenvalue weighted by Crippen LogP contribution is 2.43. The number of hydrogen-bond acceptors (Lipinski definition) is 6. The Balaban J connectivity index is 2.02. The van der Waals surface area contributed by atoms with Gasteiger partial charge in [0.1, 0.15) is 16.4 Å². The second-order valence-corrected chi connectivity index (χ2v) is 7.79. The van der Waals surface area contributed by atoms with Crippen LogP contribution in [0.1, 0.15) is 26.9 Å². The first kappa shape index (κ1) is 20.2. The molecule has 0 bridgehead atoms. The smallest absolute Gasteiger partial charge is 0.329 e. The van der Waals surface area contributed by atoms with Gasteiger partial charge in [-0.25, -0.2) is 4.79 Å². The molecule has 2 atom stereocenters. The van der Waals surface area contributed by atoms with Crippen LogP contribution in [0, 0.1) is 17.0 Å². The van der Waals surface area contributed by atoms with Crippen molar-refractivity contribution in [1.82, 2.24) is 4.90 Å². The van der Waals surface area contributed by atoms with Crippen LogP contribution in [0.25, 0.3) is 0 Å². The summed E-state index contributed by atoms with van der Waals surface area (Å²) in [7, 11) is 1.27. The van der Waals surface area contributed by atoms with Gasteiger partial charge in [-0.3, -0.25) is 14.9 Å². The maximum absolute atomic E-state index is 13.3. The van der Waals surface area contributed by atoms with Crippen LogP contribution >= 0.6 is 23.4 Å². The van der Waals surface area contributed by atoms with Gasteiger partial charge >= 0.3 is 5.97 Å². The van der Waals surface area contributed by atoms with E-state index in [1.807, 2.05) is 31.2 Å². The van der Waals surface area contributed by atoms with Crippen molar-refractivity contribution in [3.8, 4) is 0 Å². The molecule has 1 aliphatic rings. The Bertz CT molecular complexity index is 934. The number of nitro groups is 1. The first-order chi connectivity index (χ1) is 13.3. The number of methoxy groups -OCH3 is 1. The topological polar surface area (TPSA) is 89.8 Å². The molecule has 1 aliphatic heterocycles. The first-order valence-electron chi connectivity index (χ1n) is 8.36. The summed E-state index contributed by atoms with van der Waals surface area (Å²) in [6.07, 6.45) is 0. The average molecular weight is 421 g/mol. The molecule has 9 heteroatoms. The Hall–Kier alpha value is -2.58. The maximum Gasteiger partial charge on any atom is 0.329 e. The molecule has 1 heterocycles. The quantitative estimate of drug-likeness (QED) is 0.422. The number of carbonyl (C=O) groups is 2. The Morgan fingerprint density at radius 2 is 1.93 bits per heavy atom. The molecule has 0 spiro atoms. The predicted molar refractivity (Wildman–Crippen MR) is 106 cm³/mol. The van der Waals surface area contributed by atoms with E-state index in [1.165, 1.54) is 35.9 Å². The van der Waals surface area contributed by atoms with Gasteiger partial charge in [0.15, 0.2) is 0 Å². The molecule has 2 aromatic rings. The molecule has 146 valence electrons. The lowest BCUT2D eigenvalue weighted by molar-refractivity contribution is -0.384. The summed E-state index contributed by atoms with van der Waals surface area (Å²) in [4.78, 5) is 37.5. The largest absolute Gasteiger partial charge is 0.467 e. The average Bonchev–Trinajstić information content (AvgIpc) is 3.12. The van der Waals surface area contributed by atoms with Crippen LogP contribution in [0.3, 0.4) is 0 Å². The summed E-state index contributed by atoms with van der Waals surface area (Å²) < 4.78 is 4.86. The number of nitro benzene ring substituents is 1. The minimum Gasteiger partial charge on any atom is -0.467 e. The molecule has 0 radical (unpaired) electrons. The Morgan fingerprint density at radius 3 is 2.54 bits per heavy atom. The van der Waals surface area contributed by atoms with Crippen LogP contribution in [-0.4, -0.2) is 40.6 Å². The number of ether oxygens (including phenoxy) is 1. The predicted octanol–water partition coefficient (Wildman–Crippen LogP) is 3.99. The zero-order valence-electron chi connectivity index (χ0n) is 15.1. The van der Waals surface area contributed by atoms with Gasteiger partial charge in [-0.1, -0.05) is 41.4 Å². The molecular weight excluding hydrogens is 404 g/mol. The number of halogens is 1. The van der Waals surface area contributed by atoms with E-state index in [-0.39, 0.29) is 16.3 Å². The summed E-state index contributed by atoms with van der Waals surface area (Å²) >= 11 is 7.29. The molecule has 0 N–H and O–H groups in total. The minimum absolute atomic E-state index is 0.0584. The van der Waals surface area contributed by atoms with Crippen LogP contribution < -0.4 is 0 Å². The van der Waals surface area contributed by atoms with Crippen molar-refractivity contribution in [3.63, 3.8) is 0 Å². The zero-order chi connectivity index (χ0) is 20.4. The van der Waals surface area contributed by atoms with Crippen molar-refractivity contribution in [2.75, 3.05) is 12.9 Å². The van der Waals surface area contributed by atoms with E-state index >= 15 is 0 Å². The van der Waals surface area contributed by atoms with E-state index in [1.54, 1.807) is 0 Å². The molecule has 7 nitrogen and oxygen atoms in total. The molecule has 3 rings (SSSR count). The van der Waals surface area contributed by atoms with Gasteiger partial charge in [0, 0.05) is 17.4 Å². The summed E-state index contributed by atoms with van der Waals surface area (Å²) in [6.45, 7) is 1.96. The molecule has 28 heavy (non-hydrogen) atoms. The van der Waals surface area contributed by atoms with Crippen molar-refractivity contribution in [2.45, 2.75) is 18.3 Å². The number of aryl methyl sites for hydroxylation is 1. The first-order valence-corrected chi connectivity index (χ1v) is 9.78. The van der Waals surface area contributed by atoms with Crippen LogP contribution in [-0.2, 0) is 9.53 Å². The van der Waals surface area contributed by atoms with Crippen molar-refractivity contribution >= 4 is 40.9 Å². The normalized spacial score (nSPS) is 18.8. The Labute approximate surface area is 170 Å². The van der Waals surface area contributed by atoms with Gasteiger partial charge in [-0.15, -0.1) is 11.8 Å². The van der Waals surface area contributed by atoms with E-state index in [4.69, 9.17) is 16.3 Å². The maximum atomic E-state index is 13.3. The Morgan fingerprint density at radius 1 is 1.25 bits per heavy atom. The fourth-order valence-electron chi connectivity index (χ4n) is 2.99. The third kappa shape index (κ3) is 3.83. The van der Waals surface area contributed by atoms with E-state index in [9.17, 15) is 19.7 Å². The number of benzene rings is 2. The number of hydrogen-bond donors (Lipinski definition) is 0. The highest BCUT2D eigenvalue weighted by atomic mass is 35.5. The molecule has 1 fully saturated rings. The van der Waals surface area contributed by atoms with Crippen molar-refractivity contribution in [2.24, 2.45) is 0 Å². The van der Waals surface area contributed by atoms with Crippen LogP contribution in [0.2, 0.25) is 5.02 Å². The summed E-state index contributed by atoms with van der Waals surface area (Å²) in [5, 5.41) is 10.7. The second kappa shape index (κ2) is 8.20.